The van der Waals surface area contributed by atoms with Gasteiger partial charge in [0.15, 0.2) is 0 Å². The van der Waals surface area contributed by atoms with Crippen LogP contribution in [0.25, 0.3) is 0 Å². The first-order valence-electron chi connectivity index (χ1n) is 5.06. The molecular weight excluding hydrogens is 229 g/mol. The van der Waals surface area contributed by atoms with Crippen LogP contribution in [0, 0.1) is 12.7 Å². The highest BCUT2D eigenvalue weighted by Gasteiger charge is 2.17. The number of hydrogen-bond donors (Lipinski definition) is 0. The van der Waals surface area contributed by atoms with E-state index in [0.29, 0.717) is 17.0 Å². The lowest BCUT2D eigenvalue weighted by molar-refractivity contribution is 0.0756. The molecule has 1 amide bonds. The fourth-order valence-electron chi connectivity index (χ4n) is 1.29. The number of carbonyl (C=O) groups excluding carboxylic acids is 1. The summed E-state index contributed by atoms with van der Waals surface area (Å²) >= 11 is 5.68. The van der Waals surface area contributed by atoms with Crippen molar-refractivity contribution >= 4 is 17.5 Å². The van der Waals surface area contributed by atoms with Crippen molar-refractivity contribution in [3.05, 3.63) is 35.1 Å². The monoisotopic (exact) mass is 243 g/mol. The molecule has 0 saturated carbocycles. The van der Waals surface area contributed by atoms with Gasteiger partial charge in [-0.25, -0.2) is 4.39 Å². The van der Waals surface area contributed by atoms with Gasteiger partial charge in [0, 0.05) is 24.5 Å². The minimum absolute atomic E-state index is 0.0421. The molecule has 1 rings (SSSR count). The highest BCUT2D eigenvalue weighted by molar-refractivity contribution is 6.18. The molecule has 88 valence electrons. The lowest BCUT2D eigenvalue weighted by Gasteiger charge is -2.23. The standard InChI is InChI=1S/C12H15ClFNO/c1-8-6-10(4-5-11(8)14)12(16)15(3)9(2)7-13/h4-6,9H,7H2,1-3H3. The Kier molecular flexibility index (Phi) is 4.30. The number of hydrogen-bond acceptors (Lipinski definition) is 1. The molecule has 0 bridgehead atoms. The lowest BCUT2D eigenvalue weighted by Crippen LogP contribution is -2.36. The molecular formula is C12H15ClFNO. The number of alkyl halides is 1. The number of aryl methyl sites for hydroxylation is 1. The van der Waals surface area contributed by atoms with E-state index in [0.717, 1.165) is 0 Å². The second-order valence-corrected chi connectivity index (χ2v) is 4.19. The molecule has 0 heterocycles. The van der Waals surface area contributed by atoms with E-state index >= 15 is 0 Å². The third kappa shape index (κ3) is 2.73. The maximum Gasteiger partial charge on any atom is 0.253 e. The zero-order chi connectivity index (χ0) is 12.3. The van der Waals surface area contributed by atoms with Gasteiger partial charge in [0.25, 0.3) is 5.91 Å². The number of rotatable bonds is 3. The highest BCUT2D eigenvalue weighted by atomic mass is 35.5. The average molecular weight is 244 g/mol. The second-order valence-electron chi connectivity index (χ2n) is 3.88. The molecule has 1 atom stereocenters. The van der Waals surface area contributed by atoms with Crippen molar-refractivity contribution in [2.24, 2.45) is 0 Å². The Labute approximate surface area is 100 Å². The van der Waals surface area contributed by atoms with Crippen LogP contribution in [0.4, 0.5) is 4.39 Å². The molecule has 0 fully saturated rings. The van der Waals surface area contributed by atoms with Crippen LogP contribution in [0.15, 0.2) is 18.2 Å². The molecule has 0 aliphatic heterocycles. The van der Waals surface area contributed by atoms with Gasteiger partial charge in [0.2, 0.25) is 0 Å². The molecule has 16 heavy (non-hydrogen) atoms. The Morgan fingerprint density at radius 1 is 1.56 bits per heavy atom. The summed E-state index contributed by atoms with van der Waals surface area (Å²) in [5, 5.41) is 0. The van der Waals surface area contributed by atoms with E-state index in [1.165, 1.54) is 12.1 Å². The zero-order valence-corrected chi connectivity index (χ0v) is 10.4. The van der Waals surface area contributed by atoms with Crippen molar-refractivity contribution in [1.82, 2.24) is 4.90 Å². The van der Waals surface area contributed by atoms with Crippen molar-refractivity contribution in [3.8, 4) is 0 Å². The van der Waals surface area contributed by atoms with Crippen molar-refractivity contribution in [2.75, 3.05) is 12.9 Å². The second kappa shape index (κ2) is 5.30. The Morgan fingerprint density at radius 3 is 2.69 bits per heavy atom. The van der Waals surface area contributed by atoms with Crippen LogP contribution in [-0.2, 0) is 0 Å². The van der Waals surface area contributed by atoms with E-state index in [4.69, 9.17) is 11.6 Å². The van der Waals surface area contributed by atoms with Crippen molar-refractivity contribution < 1.29 is 9.18 Å². The van der Waals surface area contributed by atoms with E-state index in [2.05, 4.69) is 0 Å². The summed E-state index contributed by atoms with van der Waals surface area (Å²) in [6.07, 6.45) is 0. The predicted molar refractivity (Wildman–Crippen MR) is 63.4 cm³/mol. The van der Waals surface area contributed by atoms with E-state index in [9.17, 15) is 9.18 Å². The van der Waals surface area contributed by atoms with E-state index in [1.54, 1.807) is 24.9 Å². The summed E-state index contributed by atoms with van der Waals surface area (Å²) in [5.41, 5.74) is 0.955. The topological polar surface area (TPSA) is 20.3 Å². The smallest absolute Gasteiger partial charge is 0.253 e. The molecule has 0 aromatic heterocycles. The normalized spacial score (nSPS) is 12.3. The molecule has 4 heteroatoms. The summed E-state index contributed by atoms with van der Waals surface area (Å²) in [6, 6.07) is 4.30. The van der Waals surface area contributed by atoms with Crippen molar-refractivity contribution in [3.63, 3.8) is 0 Å². The minimum atomic E-state index is -0.301. The van der Waals surface area contributed by atoms with Gasteiger partial charge in [-0.05, 0) is 37.6 Å². The quantitative estimate of drug-likeness (QED) is 0.748. The molecule has 0 spiro atoms. The van der Waals surface area contributed by atoms with Crippen molar-refractivity contribution in [1.29, 1.82) is 0 Å². The third-order valence-electron chi connectivity index (χ3n) is 2.61. The maximum atomic E-state index is 13.0. The van der Waals surface area contributed by atoms with Crippen molar-refractivity contribution in [2.45, 2.75) is 19.9 Å². The van der Waals surface area contributed by atoms with Gasteiger partial charge in [-0.2, -0.15) is 0 Å². The Morgan fingerprint density at radius 2 is 2.19 bits per heavy atom. The molecule has 0 radical (unpaired) electrons. The van der Waals surface area contributed by atoms with Gasteiger partial charge in [-0.15, -0.1) is 11.6 Å². The first-order chi connectivity index (χ1) is 7.47. The average Bonchev–Trinajstić information content (AvgIpc) is 2.29. The number of nitrogens with zero attached hydrogens (tertiary/aromatic N) is 1. The number of halogens is 2. The fraction of sp³-hybridized carbons (Fsp3) is 0.417. The van der Waals surface area contributed by atoms with Gasteiger partial charge in [0.1, 0.15) is 5.82 Å². The zero-order valence-electron chi connectivity index (χ0n) is 9.63. The van der Waals surface area contributed by atoms with E-state index in [1.807, 2.05) is 6.92 Å². The summed E-state index contributed by atoms with van der Waals surface area (Å²) in [5.74, 6) is -0.0663. The van der Waals surface area contributed by atoms with Gasteiger partial charge < -0.3 is 4.90 Å². The number of carbonyl (C=O) groups is 1. The van der Waals surface area contributed by atoms with Crippen LogP contribution in [0.2, 0.25) is 0 Å². The van der Waals surface area contributed by atoms with Gasteiger partial charge in [0.05, 0.1) is 0 Å². The molecule has 0 N–H and O–H groups in total. The Bertz CT molecular complexity index is 395. The predicted octanol–water partition coefficient (Wildman–Crippen LogP) is 2.83. The van der Waals surface area contributed by atoms with Crippen LogP contribution in [0.5, 0.6) is 0 Å². The molecule has 0 saturated heterocycles. The SMILES string of the molecule is Cc1cc(C(=O)N(C)C(C)CCl)ccc1F. The third-order valence-corrected chi connectivity index (χ3v) is 3.06. The highest BCUT2D eigenvalue weighted by Crippen LogP contribution is 2.12. The molecule has 2 nitrogen and oxygen atoms in total. The maximum absolute atomic E-state index is 13.0. The molecule has 0 aliphatic rings. The first-order valence-corrected chi connectivity index (χ1v) is 5.60. The Hall–Kier alpha value is -1.09. The largest absolute Gasteiger partial charge is 0.338 e. The van der Waals surface area contributed by atoms with Crippen LogP contribution < -0.4 is 0 Å². The first kappa shape index (κ1) is 13.0. The van der Waals surface area contributed by atoms with Crippen LogP contribution in [-0.4, -0.2) is 29.8 Å². The molecule has 1 unspecified atom stereocenters. The minimum Gasteiger partial charge on any atom is -0.338 e. The molecule has 1 aromatic carbocycles. The fourth-order valence-corrected chi connectivity index (χ4v) is 1.49. The number of amides is 1. The Balaban J connectivity index is 2.92. The lowest BCUT2D eigenvalue weighted by atomic mass is 10.1. The van der Waals surface area contributed by atoms with Crippen LogP contribution in [0.3, 0.4) is 0 Å². The summed E-state index contributed by atoms with van der Waals surface area (Å²) < 4.78 is 13.0. The van der Waals surface area contributed by atoms with Gasteiger partial charge in [-0.1, -0.05) is 0 Å². The molecule has 0 aliphatic carbocycles. The summed E-state index contributed by atoms with van der Waals surface area (Å²) in [7, 11) is 1.69. The van der Waals surface area contributed by atoms with Crippen LogP contribution in [0.1, 0.15) is 22.8 Å². The van der Waals surface area contributed by atoms with Gasteiger partial charge in [-0.3, -0.25) is 4.79 Å². The van der Waals surface area contributed by atoms with Gasteiger partial charge >= 0.3 is 0 Å². The van der Waals surface area contributed by atoms with E-state index < -0.39 is 0 Å². The number of benzene rings is 1. The van der Waals surface area contributed by atoms with E-state index in [-0.39, 0.29) is 17.8 Å². The summed E-state index contributed by atoms with van der Waals surface area (Å²) in [6.45, 7) is 3.50. The molecule has 1 aromatic rings. The summed E-state index contributed by atoms with van der Waals surface area (Å²) in [4.78, 5) is 13.5. The van der Waals surface area contributed by atoms with Crippen LogP contribution >= 0.6 is 11.6 Å².